The van der Waals surface area contributed by atoms with Crippen LogP contribution < -0.4 is 0 Å². The van der Waals surface area contributed by atoms with E-state index in [1.54, 1.807) is 10.9 Å². The van der Waals surface area contributed by atoms with Crippen LogP contribution in [0.1, 0.15) is 13.8 Å². The Balaban J connectivity index is 0.000000339. The third-order valence-electron chi connectivity index (χ3n) is 2.96. The van der Waals surface area contributed by atoms with Gasteiger partial charge in [-0.05, 0) is 25.6 Å². The standard InChI is InChI=1S/C13H11N4.C5H8O2.Ir/c1-16-9-7-12(15-16)17-10-8-14-13(17)11-5-3-2-4-6-11;1-4(6)3-5(2)7;/h2-9H,1H3;3,6H,1-2H3;/q-1;;/b;4-3-;. The van der Waals surface area contributed by atoms with Gasteiger partial charge in [-0.2, -0.15) is 0 Å². The molecule has 7 heteroatoms. The second kappa shape index (κ2) is 9.71. The van der Waals surface area contributed by atoms with Gasteiger partial charge in [-0.3, -0.25) is 9.48 Å². The summed E-state index contributed by atoms with van der Waals surface area (Å²) in [6, 6.07) is 12.0. The number of aromatic nitrogens is 4. The van der Waals surface area contributed by atoms with Gasteiger partial charge < -0.3 is 14.7 Å². The Morgan fingerprint density at radius 2 is 1.88 bits per heavy atom. The van der Waals surface area contributed by atoms with E-state index in [9.17, 15) is 4.79 Å². The molecular formula is C18H19IrN4O2-. The molecule has 0 fully saturated rings. The molecule has 2 aromatic heterocycles. The molecule has 0 aliphatic heterocycles. The van der Waals surface area contributed by atoms with Crippen molar-refractivity contribution in [2.45, 2.75) is 13.8 Å². The van der Waals surface area contributed by atoms with Crippen molar-refractivity contribution < 1.29 is 30.0 Å². The van der Waals surface area contributed by atoms with Gasteiger partial charge in [-0.1, -0.05) is 42.6 Å². The maximum atomic E-state index is 10.0. The number of allylic oxidation sites excluding steroid dienone is 2. The number of aryl methyl sites for hydroxylation is 1. The van der Waals surface area contributed by atoms with Crippen molar-refractivity contribution in [2.75, 3.05) is 0 Å². The quantitative estimate of drug-likeness (QED) is 0.331. The summed E-state index contributed by atoms with van der Waals surface area (Å²) >= 11 is 0. The Kier molecular flexibility index (Phi) is 7.98. The number of aliphatic hydroxyl groups excluding tert-OH is 1. The Labute approximate surface area is 160 Å². The van der Waals surface area contributed by atoms with E-state index in [4.69, 9.17) is 5.11 Å². The minimum Gasteiger partial charge on any atom is -0.512 e. The first-order valence-corrected chi connectivity index (χ1v) is 7.36. The van der Waals surface area contributed by atoms with Crippen LogP contribution in [-0.4, -0.2) is 30.2 Å². The normalized spacial score (nSPS) is 10.4. The van der Waals surface area contributed by atoms with Crippen LogP contribution in [0, 0.1) is 6.20 Å². The molecule has 25 heavy (non-hydrogen) atoms. The predicted molar refractivity (Wildman–Crippen MR) is 91.7 cm³/mol. The van der Waals surface area contributed by atoms with Gasteiger partial charge in [-0.15, -0.1) is 0 Å². The first-order chi connectivity index (χ1) is 11.5. The number of nitrogens with zero attached hydrogens (tertiary/aromatic N) is 4. The Morgan fingerprint density at radius 1 is 1.20 bits per heavy atom. The van der Waals surface area contributed by atoms with Crippen LogP contribution in [0.2, 0.25) is 0 Å². The number of ketones is 1. The minimum atomic E-state index is -0.125. The Hall–Kier alpha value is -2.50. The van der Waals surface area contributed by atoms with Crippen molar-refractivity contribution in [3.05, 3.63) is 66.8 Å². The summed E-state index contributed by atoms with van der Waals surface area (Å²) < 4.78 is 3.62. The van der Waals surface area contributed by atoms with E-state index < -0.39 is 0 Å². The Morgan fingerprint density at radius 3 is 2.36 bits per heavy atom. The maximum absolute atomic E-state index is 10.0. The summed E-state index contributed by atoms with van der Waals surface area (Å²) in [6.45, 7) is 2.85. The summed E-state index contributed by atoms with van der Waals surface area (Å²) in [6.07, 6.45) is 7.79. The number of hydrogen-bond acceptors (Lipinski definition) is 4. The number of hydrogen-bond donors (Lipinski definition) is 1. The van der Waals surface area contributed by atoms with E-state index in [1.807, 2.05) is 54.2 Å². The van der Waals surface area contributed by atoms with Gasteiger partial charge in [0.1, 0.15) is 0 Å². The molecule has 0 aliphatic carbocycles. The fraction of sp³-hybridized carbons (Fsp3) is 0.167. The summed E-state index contributed by atoms with van der Waals surface area (Å²) in [5.41, 5.74) is 1.06. The summed E-state index contributed by atoms with van der Waals surface area (Å²) in [4.78, 5) is 14.3. The molecule has 0 spiro atoms. The molecule has 3 rings (SSSR count). The predicted octanol–water partition coefficient (Wildman–Crippen LogP) is 3.11. The first kappa shape index (κ1) is 20.5. The van der Waals surface area contributed by atoms with E-state index >= 15 is 0 Å². The van der Waals surface area contributed by atoms with Crippen LogP contribution in [0.4, 0.5) is 0 Å². The zero-order valence-electron chi connectivity index (χ0n) is 14.2. The van der Waals surface area contributed by atoms with Crippen LogP contribution in [0.25, 0.3) is 17.2 Å². The van der Waals surface area contributed by atoms with Gasteiger partial charge in [0.25, 0.3) is 0 Å². The molecule has 0 aliphatic rings. The number of carbonyl (C=O) groups excluding carboxylic acids is 1. The molecule has 1 N–H and O–H groups in total. The number of rotatable bonds is 3. The van der Waals surface area contributed by atoms with Crippen LogP contribution in [0.15, 0.2) is 60.6 Å². The molecule has 0 saturated heterocycles. The van der Waals surface area contributed by atoms with Gasteiger partial charge in [0, 0.05) is 51.1 Å². The second-order valence-corrected chi connectivity index (χ2v) is 5.16. The third kappa shape index (κ3) is 6.14. The van der Waals surface area contributed by atoms with Crippen molar-refractivity contribution in [1.82, 2.24) is 19.3 Å². The Bertz CT molecular complexity index is 834. The topological polar surface area (TPSA) is 72.9 Å². The molecule has 1 aromatic carbocycles. The molecule has 133 valence electrons. The van der Waals surface area contributed by atoms with Gasteiger partial charge in [-0.25, -0.2) is 5.10 Å². The SMILES string of the molecule is CC(=O)/C=C(/C)O.Cn1ccc(-n2[c-]cnc2-c2ccccc2)n1.[Ir]. The van der Waals surface area contributed by atoms with Crippen LogP contribution in [0.5, 0.6) is 0 Å². The molecule has 0 atom stereocenters. The number of benzene rings is 1. The second-order valence-electron chi connectivity index (χ2n) is 5.16. The van der Waals surface area contributed by atoms with Crippen LogP contribution >= 0.6 is 0 Å². The fourth-order valence-corrected chi connectivity index (χ4v) is 2.05. The molecule has 0 saturated carbocycles. The van der Waals surface area contributed by atoms with Gasteiger partial charge in [0.15, 0.2) is 5.78 Å². The van der Waals surface area contributed by atoms with Crippen molar-refractivity contribution in [3.8, 4) is 17.2 Å². The van der Waals surface area contributed by atoms with Gasteiger partial charge >= 0.3 is 0 Å². The molecule has 0 bridgehead atoms. The van der Waals surface area contributed by atoms with E-state index in [2.05, 4.69) is 16.3 Å². The maximum Gasteiger partial charge on any atom is 0.155 e. The number of aliphatic hydroxyl groups is 1. The molecule has 3 aromatic rings. The van der Waals surface area contributed by atoms with Crippen molar-refractivity contribution >= 4 is 5.78 Å². The summed E-state index contributed by atoms with van der Waals surface area (Å²) in [7, 11) is 1.89. The average Bonchev–Trinajstić information content (AvgIpc) is 3.15. The minimum absolute atomic E-state index is 0. The number of carbonyl (C=O) groups is 1. The van der Waals surface area contributed by atoms with Gasteiger partial charge in [0.05, 0.1) is 5.76 Å². The first-order valence-electron chi connectivity index (χ1n) is 7.36. The van der Waals surface area contributed by atoms with E-state index in [0.717, 1.165) is 17.2 Å². The molecule has 1 radical (unpaired) electrons. The van der Waals surface area contributed by atoms with E-state index in [-0.39, 0.29) is 31.6 Å². The van der Waals surface area contributed by atoms with E-state index in [0.29, 0.717) is 0 Å². The van der Waals surface area contributed by atoms with E-state index in [1.165, 1.54) is 19.9 Å². The summed E-state index contributed by atoms with van der Waals surface area (Å²) in [5.74, 6) is 1.61. The van der Waals surface area contributed by atoms with Crippen molar-refractivity contribution in [1.29, 1.82) is 0 Å². The van der Waals surface area contributed by atoms with Crippen LogP contribution in [-0.2, 0) is 31.9 Å². The zero-order chi connectivity index (χ0) is 17.5. The third-order valence-corrected chi connectivity index (χ3v) is 2.96. The van der Waals surface area contributed by atoms with Crippen LogP contribution in [0.3, 0.4) is 0 Å². The molecule has 0 unspecified atom stereocenters. The largest absolute Gasteiger partial charge is 0.512 e. The average molecular weight is 516 g/mol. The monoisotopic (exact) mass is 516 g/mol. The molecule has 2 heterocycles. The van der Waals surface area contributed by atoms with Gasteiger partial charge in [0.2, 0.25) is 0 Å². The molecule has 6 nitrogen and oxygen atoms in total. The number of imidazole rings is 1. The summed E-state index contributed by atoms with van der Waals surface area (Å²) in [5, 5.41) is 12.7. The zero-order valence-corrected chi connectivity index (χ0v) is 16.6. The van der Waals surface area contributed by atoms with Crippen molar-refractivity contribution in [2.24, 2.45) is 7.05 Å². The van der Waals surface area contributed by atoms with Crippen molar-refractivity contribution in [3.63, 3.8) is 0 Å². The smallest absolute Gasteiger partial charge is 0.155 e. The fourth-order valence-electron chi connectivity index (χ4n) is 2.05. The molecular weight excluding hydrogens is 496 g/mol. The molecule has 0 amide bonds.